The quantitative estimate of drug-likeness (QED) is 0.921. The summed E-state index contributed by atoms with van der Waals surface area (Å²) in [5, 5.41) is 2.85. The van der Waals surface area contributed by atoms with Crippen molar-refractivity contribution in [3.8, 4) is 0 Å². The summed E-state index contributed by atoms with van der Waals surface area (Å²) in [6, 6.07) is 8.27. The third-order valence-electron chi connectivity index (χ3n) is 4.52. The zero-order valence-corrected chi connectivity index (χ0v) is 14.8. The van der Waals surface area contributed by atoms with E-state index in [1.165, 1.54) is 0 Å². The second kappa shape index (κ2) is 7.16. The van der Waals surface area contributed by atoms with Crippen molar-refractivity contribution in [3.63, 3.8) is 0 Å². The monoisotopic (exact) mass is 330 g/mol. The second-order valence-corrected chi connectivity index (χ2v) is 7.38. The van der Waals surface area contributed by atoms with Crippen molar-refractivity contribution < 1.29 is 14.4 Å². The molecule has 1 aromatic rings. The lowest BCUT2D eigenvalue weighted by Crippen LogP contribution is -2.56. The summed E-state index contributed by atoms with van der Waals surface area (Å²) in [7, 11) is 0. The maximum atomic E-state index is 12.9. The molecule has 0 radical (unpaired) electrons. The summed E-state index contributed by atoms with van der Waals surface area (Å²) in [6.45, 7) is 8.37. The first-order chi connectivity index (χ1) is 11.2. The first-order valence-corrected chi connectivity index (χ1v) is 8.40. The van der Waals surface area contributed by atoms with E-state index in [-0.39, 0.29) is 23.5 Å². The van der Waals surface area contributed by atoms with Gasteiger partial charge in [-0.05, 0) is 18.1 Å². The molecule has 1 saturated heterocycles. The Kier molecular flexibility index (Phi) is 5.42. The molecule has 0 aliphatic carbocycles. The van der Waals surface area contributed by atoms with Crippen LogP contribution in [-0.4, -0.2) is 41.6 Å². The lowest BCUT2D eigenvalue weighted by molar-refractivity contribution is -0.143. The smallest absolute Gasteiger partial charge is 0.251 e. The number of amides is 2. The van der Waals surface area contributed by atoms with Crippen molar-refractivity contribution in [1.82, 2.24) is 10.2 Å². The highest BCUT2D eigenvalue weighted by molar-refractivity contribution is 5.98. The van der Waals surface area contributed by atoms with Crippen LogP contribution in [-0.2, 0) is 9.59 Å². The van der Waals surface area contributed by atoms with E-state index in [9.17, 15) is 14.4 Å². The van der Waals surface area contributed by atoms with Crippen LogP contribution in [0.3, 0.4) is 0 Å². The van der Waals surface area contributed by atoms with Crippen molar-refractivity contribution in [2.24, 2.45) is 11.3 Å². The first-order valence-electron chi connectivity index (χ1n) is 8.40. The Balaban J connectivity index is 2.11. The van der Waals surface area contributed by atoms with Crippen molar-refractivity contribution in [2.45, 2.75) is 40.2 Å². The summed E-state index contributed by atoms with van der Waals surface area (Å²) in [4.78, 5) is 38.9. The van der Waals surface area contributed by atoms with Gasteiger partial charge in [-0.1, -0.05) is 45.9 Å². The van der Waals surface area contributed by atoms with Gasteiger partial charge in [0.15, 0.2) is 0 Å². The number of Topliss-reactive ketones (excluding diaryl/α,β-unsaturated/α-hetero) is 1. The van der Waals surface area contributed by atoms with E-state index in [1.54, 1.807) is 29.2 Å². The third-order valence-corrected chi connectivity index (χ3v) is 4.52. The van der Waals surface area contributed by atoms with Crippen LogP contribution in [0.2, 0.25) is 0 Å². The van der Waals surface area contributed by atoms with E-state index in [1.807, 2.05) is 33.8 Å². The lowest BCUT2D eigenvalue weighted by Gasteiger charge is -2.39. The summed E-state index contributed by atoms with van der Waals surface area (Å²) in [5.41, 5.74) is 0.00361. The number of piperidine rings is 1. The fraction of sp³-hybridized carbons (Fsp3) is 0.526. The highest BCUT2D eigenvalue weighted by Gasteiger charge is 2.38. The molecule has 130 valence electrons. The Labute approximate surface area is 143 Å². The Hall–Kier alpha value is -2.17. The fourth-order valence-corrected chi connectivity index (χ4v) is 2.93. The van der Waals surface area contributed by atoms with Crippen LogP contribution in [0.1, 0.15) is 44.5 Å². The number of carbonyl (C=O) groups is 3. The number of carbonyl (C=O) groups excluding carboxylic acids is 3. The number of nitrogens with one attached hydrogen (secondary N) is 1. The molecule has 0 saturated carbocycles. The minimum atomic E-state index is -0.596. The highest BCUT2D eigenvalue weighted by atomic mass is 16.2. The van der Waals surface area contributed by atoms with Gasteiger partial charge in [0.1, 0.15) is 11.8 Å². The molecule has 1 unspecified atom stereocenters. The molecule has 1 heterocycles. The average Bonchev–Trinajstić information content (AvgIpc) is 2.54. The molecule has 0 spiro atoms. The molecule has 2 rings (SSSR count). The highest BCUT2D eigenvalue weighted by Crippen LogP contribution is 2.26. The number of hydrogen-bond donors (Lipinski definition) is 1. The number of benzene rings is 1. The average molecular weight is 330 g/mol. The van der Waals surface area contributed by atoms with Crippen molar-refractivity contribution >= 4 is 17.6 Å². The van der Waals surface area contributed by atoms with Crippen LogP contribution in [0, 0.1) is 11.3 Å². The van der Waals surface area contributed by atoms with Crippen LogP contribution in [0.4, 0.5) is 0 Å². The molecule has 1 N–H and O–H groups in total. The SMILES string of the molecule is CC(C)C(NC(=O)c1ccccc1)C(=O)N1CCC(=O)C(C)(C)C1. The van der Waals surface area contributed by atoms with E-state index in [4.69, 9.17) is 0 Å². The summed E-state index contributed by atoms with van der Waals surface area (Å²) in [5.74, 6) is -0.225. The van der Waals surface area contributed by atoms with E-state index >= 15 is 0 Å². The molecule has 2 amide bonds. The van der Waals surface area contributed by atoms with Gasteiger partial charge >= 0.3 is 0 Å². The Bertz CT molecular complexity index is 623. The van der Waals surface area contributed by atoms with Gasteiger partial charge in [0.25, 0.3) is 5.91 Å². The second-order valence-electron chi connectivity index (χ2n) is 7.38. The van der Waals surface area contributed by atoms with Crippen molar-refractivity contribution in [1.29, 1.82) is 0 Å². The summed E-state index contributed by atoms with van der Waals surface area (Å²) < 4.78 is 0. The summed E-state index contributed by atoms with van der Waals surface area (Å²) >= 11 is 0. The predicted octanol–water partition coefficient (Wildman–Crippen LogP) is 2.27. The predicted molar refractivity (Wildman–Crippen MR) is 92.5 cm³/mol. The molecule has 0 bridgehead atoms. The molecule has 1 atom stereocenters. The molecule has 5 heteroatoms. The minimum absolute atomic E-state index is 0.0362. The van der Waals surface area contributed by atoms with Crippen LogP contribution >= 0.6 is 0 Å². The molecular weight excluding hydrogens is 304 g/mol. The summed E-state index contributed by atoms with van der Waals surface area (Å²) in [6.07, 6.45) is 0.371. The van der Waals surface area contributed by atoms with Crippen LogP contribution in [0.5, 0.6) is 0 Å². The fourth-order valence-electron chi connectivity index (χ4n) is 2.93. The zero-order chi connectivity index (χ0) is 17.9. The number of ketones is 1. The Morgan fingerprint density at radius 3 is 2.33 bits per heavy atom. The minimum Gasteiger partial charge on any atom is -0.340 e. The van der Waals surface area contributed by atoms with Gasteiger partial charge < -0.3 is 10.2 Å². The lowest BCUT2D eigenvalue weighted by atomic mass is 9.82. The molecule has 5 nitrogen and oxygen atoms in total. The van der Waals surface area contributed by atoms with E-state index in [0.29, 0.717) is 25.1 Å². The van der Waals surface area contributed by atoms with E-state index in [2.05, 4.69) is 5.32 Å². The van der Waals surface area contributed by atoms with Gasteiger partial charge in [-0.15, -0.1) is 0 Å². The standard InChI is InChI=1S/C19H26N2O3/c1-13(2)16(20-17(23)14-8-6-5-7-9-14)18(24)21-11-10-15(22)19(3,4)12-21/h5-9,13,16H,10-12H2,1-4H3,(H,20,23). The molecule has 24 heavy (non-hydrogen) atoms. The van der Waals surface area contributed by atoms with Crippen LogP contribution < -0.4 is 5.32 Å². The van der Waals surface area contributed by atoms with Crippen molar-refractivity contribution in [3.05, 3.63) is 35.9 Å². The number of hydrogen-bond acceptors (Lipinski definition) is 3. The topological polar surface area (TPSA) is 66.5 Å². The molecule has 1 aliphatic rings. The largest absolute Gasteiger partial charge is 0.340 e. The van der Waals surface area contributed by atoms with E-state index in [0.717, 1.165) is 0 Å². The van der Waals surface area contributed by atoms with Crippen LogP contribution in [0.25, 0.3) is 0 Å². The van der Waals surface area contributed by atoms with Gasteiger partial charge in [-0.3, -0.25) is 14.4 Å². The third kappa shape index (κ3) is 4.02. The van der Waals surface area contributed by atoms with Gasteiger partial charge in [-0.25, -0.2) is 0 Å². The normalized spacial score (nSPS) is 18.4. The zero-order valence-electron chi connectivity index (χ0n) is 14.8. The van der Waals surface area contributed by atoms with Gasteiger partial charge in [-0.2, -0.15) is 0 Å². The van der Waals surface area contributed by atoms with E-state index < -0.39 is 11.5 Å². The molecule has 0 aromatic heterocycles. The van der Waals surface area contributed by atoms with Gasteiger partial charge in [0.05, 0.1) is 0 Å². The number of nitrogens with zero attached hydrogens (tertiary/aromatic N) is 1. The number of rotatable bonds is 4. The molecule has 1 fully saturated rings. The molecule has 1 aromatic carbocycles. The Morgan fingerprint density at radius 2 is 1.79 bits per heavy atom. The molecular formula is C19H26N2O3. The first kappa shape index (κ1) is 18.2. The maximum Gasteiger partial charge on any atom is 0.251 e. The Morgan fingerprint density at radius 1 is 1.17 bits per heavy atom. The molecule has 1 aliphatic heterocycles. The van der Waals surface area contributed by atoms with Crippen LogP contribution in [0.15, 0.2) is 30.3 Å². The van der Waals surface area contributed by atoms with Crippen molar-refractivity contribution in [2.75, 3.05) is 13.1 Å². The van der Waals surface area contributed by atoms with Gasteiger partial charge in [0.2, 0.25) is 5.91 Å². The maximum absolute atomic E-state index is 12.9. The van der Waals surface area contributed by atoms with Gasteiger partial charge in [0, 0.05) is 30.5 Å². The number of likely N-dealkylation sites (tertiary alicyclic amines) is 1.